The quantitative estimate of drug-likeness (QED) is 0.579. The van der Waals surface area contributed by atoms with Crippen molar-refractivity contribution < 1.29 is 14.4 Å². The van der Waals surface area contributed by atoms with Crippen LogP contribution >= 0.6 is 23.2 Å². The van der Waals surface area contributed by atoms with E-state index in [9.17, 15) is 14.4 Å². The van der Waals surface area contributed by atoms with Crippen molar-refractivity contribution in [3.05, 3.63) is 28.2 Å². The maximum absolute atomic E-state index is 12.5. The van der Waals surface area contributed by atoms with Crippen molar-refractivity contribution in [2.75, 3.05) is 25.0 Å². The number of benzene rings is 1. The van der Waals surface area contributed by atoms with E-state index in [0.29, 0.717) is 35.2 Å². The molecule has 0 aliphatic carbocycles. The standard InChI is InChI=1S/C20H29Cl2N3O3/c1-5-11-25(18(27)7-6-10-23-19(28)20(2,3)4)13-17(26)24-16-9-8-14(21)12-15(16)22/h8-9,12H,5-7,10-11,13H2,1-4H3,(H,23,28)(H,24,26). The maximum Gasteiger partial charge on any atom is 0.244 e. The molecule has 2 N–H and O–H groups in total. The Morgan fingerprint density at radius 2 is 1.82 bits per heavy atom. The van der Waals surface area contributed by atoms with Crippen LogP contribution in [0.3, 0.4) is 0 Å². The number of anilines is 1. The van der Waals surface area contributed by atoms with Gasteiger partial charge in [-0.1, -0.05) is 50.9 Å². The SMILES string of the molecule is CCCN(CC(=O)Nc1ccc(Cl)cc1Cl)C(=O)CCCNC(=O)C(C)(C)C. The Hall–Kier alpha value is -1.79. The number of carbonyl (C=O) groups excluding carboxylic acids is 3. The molecule has 0 aromatic heterocycles. The number of hydrogen-bond donors (Lipinski definition) is 2. The van der Waals surface area contributed by atoms with Gasteiger partial charge in [0.25, 0.3) is 0 Å². The third-order valence-electron chi connectivity index (χ3n) is 3.92. The van der Waals surface area contributed by atoms with Crippen LogP contribution < -0.4 is 10.6 Å². The molecule has 0 spiro atoms. The summed E-state index contributed by atoms with van der Waals surface area (Å²) in [5.41, 5.74) is -0.0101. The molecular formula is C20H29Cl2N3O3. The third-order valence-corrected chi connectivity index (χ3v) is 4.47. The summed E-state index contributed by atoms with van der Waals surface area (Å²) in [6.45, 7) is 8.30. The molecule has 6 nitrogen and oxygen atoms in total. The number of carbonyl (C=O) groups is 3. The average molecular weight is 430 g/mol. The maximum atomic E-state index is 12.5. The third kappa shape index (κ3) is 8.48. The Labute approximate surface area is 176 Å². The molecule has 0 bridgehead atoms. The Kier molecular flexibility index (Phi) is 9.76. The molecule has 0 saturated heterocycles. The molecule has 0 radical (unpaired) electrons. The van der Waals surface area contributed by atoms with Crippen molar-refractivity contribution in [3.63, 3.8) is 0 Å². The van der Waals surface area contributed by atoms with E-state index in [-0.39, 0.29) is 30.7 Å². The zero-order chi connectivity index (χ0) is 21.3. The predicted molar refractivity (Wildman–Crippen MR) is 114 cm³/mol. The van der Waals surface area contributed by atoms with E-state index in [0.717, 1.165) is 6.42 Å². The van der Waals surface area contributed by atoms with Crippen LogP contribution in [0.4, 0.5) is 5.69 Å². The highest BCUT2D eigenvalue weighted by molar-refractivity contribution is 6.36. The summed E-state index contributed by atoms with van der Waals surface area (Å²) in [5, 5.41) is 6.33. The van der Waals surface area contributed by atoms with Gasteiger partial charge in [0.15, 0.2) is 0 Å². The zero-order valence-electron chi connectivity index (χ0n) is 16.9. The molecule has 0 saturated carbocycles. The highest BCUT2D eigenvalue weighted by Gasteiger charge is 2.21. The summed E-state index contributed by atoms with van der Waals surface area (Å²) < 4.78 is 0. The Bertz CT molecular complexity index is 702. The van der Waals surface area contributed by atoms with E-state index in [4.69, 9.17) is 23.2 Å². The van der Waals surface area contributed by atoms with Gasteiger partial charge >= 0.3 is 0 Å². The molecule has 0 unspecified atom stereocenters. The van der Waals surface area contributed by atoms with E-state index in [1.807, 2.05) is 27.7 Å². The van der Waals surface area contributed by atoms with Gasteiger partial charge in [-0.05, 0) is 31.0 Å². The molecule has 8 heteroatoms. The normalized spacial score (nSPS) is 11.1. The van der Waals surface area contributed by atoms with Gasteiger partial charge in [0, 0.05) is 29.9 Å². The minimum absolute atomic E-state index is 0.0513. The molecule has 28 heavy (non-hydrogen) atoms. The lowest BCUT2D eigenvalue weighted by Crippen LogP contribution is -2.39. The fraction of sp³-hybridized carbons (Fsp3) is 0.550. The predicted octanol–water partition coefficient (Wildman–Crippen LogP) is 4.11. The van der Waals surface area contributed by atoms with Gasteiger partial charge in [-0.2, -0.15) is 0 Å². The van der Waals surface area contributed by atoms with Crippen molar-refractivity contribution in [1.82, 2.24) is 10.2 Å². The number of amides is 3. The lowest BCUT2D eigenvalue weighted by atomic mass is 9.96. The van der Waals surface area contributed by atoms with E-state index >= 15 is 0 Å². The van der Waals surface area contributed by atoms with E-state index in [1.165, 1.54) is 4.90 Å². The van der Waals surface area contributed by atoms with Crippen LogP contribution in [0.5, 0.6) is 0 Å². The van der Waals surface area contributed by atoms with Crippen LogP contribution in [0.15, 0.2) is 18.2 Å². The Morgan fingerprint density at radius 3 is 2.39 bits per heavy atom. The molecule has 0 atom stereocenters. The van der Waals surface area contributed by atoms with Gasteiger partial charge in [0.2, 0.25) is 17.7 Å². The van der Waals surface area contributed by atoms with E-state index < -0.39 is 5.41 Å². The first-order chi connectivity index (χ1) is 13.0. The number of hydrogen-bond acceptors (Lipinski definition) is 3. The van der Waals surface area contributed by atoms with Crippen LogP contribution in [0.2, 0.25) is 10.0 Å². The van der Waals surface area contributed by atoms with Crippen LogP contribution in [-0.2, 0) is 14.4 Å². The molecule has 3 amide bonds. The minimum atomic E-state index is -0.459. The van der Waals surface area contributed by atoms with Gasteiger partial charge in [0.05, 0.1) is 17.3 Å². The summed E-state index contributed by atoms with van der Waals surface area (Å²) in [6.07, 6.45) is 1.52. The summed E-state index contributed by atoms with van der Waals surface area (Å²) in [7, 11) is 0. The second-order valence-electron chi connectivity index (χ2n) is 7.60. The van der Waals surface area contributed by atoms with E-state index in [2.05, 4.69) is 10.6 Å². The smallest absolute Gasteiger partial charge is 0.244 e. The molecule has 1 rings (SSSR count). The Morgan fingerprint density at radius 1 is 1.14 bits per heavy atom. The number of halogens is 2. The average Bonchev–Trinajstić information content (AvgIpc) is 2.59. The van der Waals surface area contributed by atoms with Crippen LogP contribution in [0.1, 0.15) is 47.0 Å². The van der Waals surface area contributed by atoms with Crippen molar-refractivity contribution in [2.24, 2.45) is 5.41 Å². The van der Waals surface area contributed by atoms with Crippen molar-refractivity contribution in [3.8, 4) is 0 Å². The first-order valence-corrected chi connectivity index (χ1v) is 10.1. The van der Waals surface area contributed by atoms with Gasteiger partial charge < -0.3 is 15.5 Å². The first kappa shape index (κ1) is 24.2. The lowest BCUT2D eigenvalue weighted by molar-refractivity contribution is -0.135. The monoisotopic (exact) mass is 429 g/mol. The van der Waals surface area contributed by atoms with Crippen LogP contribution in [-0.4, -0.2) is 42.3 Å². The molecule has 0 fully saturated rings. The van der Waals surface area contributed by atoms with Gasteiger partial charge in [-0.3, -0.25) is 14.4 Å². The fourth-order valence-electron chi connectivity index (χ4n) is 2.38. The van der Waals surface area contributed by atoms with Crippen LogP contribution in [0.25, 0.3) is 0 Å². The molecular weight excluding hydrogens is 401 g/mol. The summed E-state index contributed by atoms with van der Waals surface area (Å²) in [4.78, 5) is 38.1. The largest absolute Gasteiger partial charge is 0.356 e. The van der Waals surface area contributed by atoms with E-state index in [1.54, 1.807) is 18.2 Å². The summed E-state index contributed by atoms with van der Waals surface area (Å²) >= 11 is 11.9. The number of nitrogens with one attached hydrogen (secondary N) is 2. The molecule has 156 valence electrons. The van der Waals surface area contributed by atoms with Crippen LogP contribution in [0, 0.1) is 5.41 Å². The number of nitrogens with zero attached hydrogens (tertiary/aromatic N) is 1. The van der Waals surface area contributed by atoms with Gasteiger partial charge in [0.1, 0.15) is 0 Å². The highest BCUT2D eigenvalue weighted by atomic mass is 35.5. The summed E-state index contributed by atoms with van der Waals surface area (Å²) in [6, 6.07) is 4.79. The minimum Gasteiger partial charge on any atom is -0.356 e. The zero-order valence-corrected chi connectivity index (χ0v) is 18.4. The fourth-order valence-corrected chi connectivity index (χ4v) is 2.84. The first-order valence-electron chi connectivity index (χ1n) is 9.35. The van der Waals surface area contributed by atoms with Gasteiger partial charge in [-0.15, -0.1) is 0 Å². The molecule has 0 aliphatic rings. The molecule has 0 heterocycles. The van der Waals surface area contributed by atoms with Crippen molar-refractivity contribution in [2.45, 2.75) is 47.0 Å². The molecule has 0 aliphatic heterocycles. The Balaban J connectivity index is 2.53. The highest BCUT2D eigenvalue weighted by Crippen LogP contribution is 2.25. The topological polar surface area (TPSA) is 78.5 Å². The lowest BCUT2D eigenvalue weighted by Gasteiger charge is -2.22. The van der Waals surface area contributed by atoms with Gasteiger partial charge in [-0.25, -0.2) is 0 Å². The summed E-state index contributed by atoms with van der Waals surface area (Å²) in [5.74, 6) is -0.499. The molecule has 1 aromatic rings. The second-order valence-corrected chi connectivity index (χ2v) is 8.44. The second kappa shape index (κ2) is 11.3. The van der Waals surface area contributed by atoms with Crippen molar-refractivity contribution >= 4 is 46.6 Å². The molecule has 1 aromatic carbocycles. The number of rotatable bonds is 9. The van der Waals surface area contributed by atoms with Crippen molar-refractivity contribution in [1.29, 1.82) is 0 Å².